The highest BCUT2D eigenvalue weighted by Gasteiger charge is 2.15. The Balaban J connectivity index is 0.000000659. The standard InChI is InChI=1S/C22H16N2S2.4C2H6/c1-13-7-11-19(25-13)15-9-10-16(20-12-8-14(2)26-20)22-21(15)23-17-5-3-4-6-18(17)24-22;4*1-2/h3-12H,1-2H3;4*1-2H3. The molecule has 182 valence electrons. The molecule has 0 saturated heterocycles. The molecule has 3 aromatic heterocycles. The molecule has 0 amide bonds. The molecular formula is C30H40N2S2. The Hall–Kier alpha value is -2.56. The topological polar surface area (TPSA) is 25.8 Å². The van der Waals surface area contributed by atoms with Crippen LogP contribution in [0.1, 0.15) is 65.1 Å². The molecule has 4 heteroatoms. The molecule has 0 aliphatic heterocycles. The van der Waals surface area contributed by atoms with Crippen molar-refractivity contribution in [2.45, 2.75) is 69.2 Å². The van der Waals surface area contributed by atoms with Crippen LogP contribution in [0.3, 0.4) is 0 Å². The second-order valence-corrected chi connectivity index (χ2v) is 8.97. The van der Waals surface area contributed by atoms with Crippen molar-refractivity contribution in [1.82, 2.24) is 9.97 Å². The first-order valence-electron chi connectivity index (χ1n) is 12.5. The maximum Gasteiger partial charge on any atom is 0.0987 e. The fraction of sp³-hybridized carbons (Fsp3) is 0.333. The van der Waals surface area contributed by atoms with E-state index in [0.29, 0.717) is 0 Å². The van der Waals surface area contributed by atoms with E-state index in [1.165, 1.54) is 19.5 Å². The van der Waals surface area contributed by atoms with E-state index in [9.17, 15) is 0 Å². The third-order valence-corrected chi connectivity index (χ3v) is 6.58. The van der Waals surface area contributed by atoms with Gasteiger partial charge in [0.2, 0.25) is 0 Å². The van der Waals surface area contributed by atoms with Crippen LogP contribution in [0.2, 0.25) is 0 Å². The first-order valence-corrected chi connectivity index (χ1v) is 14.2. The van der Waals surface area contributed by atoms with Gasteiger partial charge in [0.05, 0.1) is 22.1 Å². The highest BCUT2D eigenvalue weighted by Crippen LogP contribution is 2.39. The average molecular weight is 493 g/mol. The number of aryl methyl sites for hydroxylation is 2. The molecule has 0 atom stereocenters. The summed E-state index contributed by atoms with van der Waals surface area (Å²) in [6.07, 6.45) is 0. The van der Waals surface area contributed by atoms with Gasteiger partial charge < -0.3 is 0 Å². The number of benzene rings is 2. The number of rotatable bonds is 2. The van der Waals surface area contributed by atoms with Crippen LogP contribution < -0.4 is 0 Å². The normalized spacial score (nSPS) is 9.47. The van der Waals surface area contributed by atoms with Crippen molar-refractivity contribution in [2.24, 2.45) is 0 Å². The fourth-order valence-electron chi connectivity index (χ4n) is 3.26. The second-order valence-electron chi connectivity index (χ2n) is 6.39. The molecule has 2 nitrogen and oxygen atoms in total. The van der Waals surface area contributed by atoms with Crippen LogP contribution in [0.5, 0.6) is 0 Å². The zero-order chi connectivity index (χ0) is 25.7. The minimum Gasteiger partial charge on any atom is -0.244 e. The van der Waals surface area contributed by atoms with Crippen LogP contribution in [0.25, 0.3) is 42.9 Å². The van der Waals surface area contributed by atoms with Crippen molar-refractivity contribution in [2.75, 3.05) is 0 Å². The predicted octanol–water partition coefficient (Wildman–Crippen LogP) is 11.0. The van der Waals surface area contributed by atoms with Gasteiger partial charge in [-0.05, 0) is 50.2 Å². The van der Waals surface area contributed by atoms with E-state index < -0.39 is 0 Å². The van der Waals surface area contributed by atoms with Gasteiger partial charge in [0.1, 0.15) is 0 Å². The maximum atomic E-state index is 5.01. The van der Waals surface area contributed by atoms with Crippen molar-refractivity contribution >= 4 is 44.7 Å². The molecule has 0 radical (unpaired) electrons. The maximum absolute atomic E-state index is 5.01. The molecule has 0 unspecified atom stereocenters. The Labute approximate surface area is 214 Å². The summed E-state index contributed by atoms with van der Waals surface area (Å²) in [7, 11) is 0. The smallest absolute Gasteiger partial charge is 0.0987 e. The summed E-state index contributed by atoms with van der Waals surface area (Å²) in [5, 5.41) is 0. The lowest BCUT2D eigenvalue weighted by Crippen LogP contribution is -1.92. The zero-order valence-electron chi connectivity index (χ0n) is 22.5. The minimum absolute atomic E-state index is 0.939. The van der Waals surface area contributed by atoms with E-state index in [1.54, 1.807) is 22.7 Å². The SMILES string of the molecule is CC.CC.CC.CC.Cc1ccc(-c2ccc(-c3ccc(C)s3)c3nc4ccccc4nc23)s1. The van der Waals surface area contributed by atoms with E-state index >= 15 is 0 Å². The molecule has 0 aliphatic carbocycles. The van der Waals surface area contributed by atoms with E-state index in [2.05, 4.69) is 50.2 Å². The molecule has 0 bridgehead atoms. The van der Waals surface area contributed by atoms with E-state index in [1.807, 2.05) is 79.7 Å². The van der Waals surface area contributed by atoms with Crippen LogP contribution in [0, 0.1) is 13.8 Å². The van der Waals surface area contributed by atoms with Crippen LogP contribution >= 0.6 is 22.7 Å². The summed E-state index contributed by atoms with van der Waals surface area (Å²) in [5.41, 5.74) is 6.16. The molecule has 3 heterocycles. The quantitative estimate of drug-likeness (QED) is 0.229. The molecule has 5 rings (SSSR count). The zero-order valence-corrected chi connectivity index (χ0v) is 24.1. The predicted molar refractivity (Wildman–Crippen MR) is 159 cm³/mol. The van der Waals surface area contributed by atoms with Crippen LogP contribution in [0.4, 0.5) is 0 Å². The molecule has 34 heavy (non-hydrogen) atoms. The Morgan fingerprint density at radius 2 is 0.824 bits per heavy atom. The van der Waals surface area contributed by atoms with Crippen molar-refractivity contribution in [3.63, 3.8) is 0 Å². The first kappa shape index (κ1) is 29.5. The number of aromatic nitrogens is 2. The highest BCUT2D eigenvalue weighted by atomic mass is 32.1. The number of para-hydroxylation sites is 2. The van der Waals surface area contributed by atoms with Gasteiger partial charge in [-0.1, -0.05) is 79.7 Å². The van der Waals surface area contributed by atoms with Gasteiger partial charge in [0.15, 0.2) is 0 Å². The highest BCUT2D eigenvalue weighted by molar-refractivity contribution is 7.16. The van der Waals surface area contributed by atoms with Gasteiger partial charge in [-0.2, -0.15) is 0 Å². The molecule has 0 spiro atoms. The Kier molecular flexibility index (Phi) is 13.3. The number of fused-ring (bicyclic) bond motifs is 2. The summed E-state index contributed by atoms with van der Waals surface area (Å²) in [4.78, 5) is 15.1. The third kappa shape index (κ3) is 6.74. The minimum atomic E-state index is 0.939. The van der Waals surface area contributed by atoms with Gasteiger partial charge in [-0.15, -0.1) is 22.7 Å². The molecule has 0 saturated carbocycles. The summed E-state index contributed by atoms with van der Waals surface area (Å²) in [6, 6.07) is 21.2. The van der Waals surface area contributed by atoms with E-state index in [4.69, 9.17) is 9.97 Å². The van der Waals surface area contributed by atoms with Gasteiger partial charge in [0.25, 0.3) is 0 Å². The van der Waals surface area contributed by atoms with E-state index in [0.717, 1.165) is 33.2 Å². The summed E-state index contributed by atoms with van der Waals surface area (Å²) in [6.45, 7) is 20.3. The number of hydrogen-bond donors (Lipinski definition) is 0. The lowest BCUT2D eigenvalue weighted by atomic mass is 10.0. The lowest BCUT2D eigenvalue weighted by Gasteiger charge is -2.09. The third-order valence-electron chi connectivity index (χ3n) is 4.51. The summed E-state index contributed by atoms with van der Waals surface area (Å²) < 4.78 is 0. The summed E-state index contributed by atoms with van der Waals surface area (Å²) >= 11 is 3.60. The van der Waals surface area contributed by atoms with Crippen LogP contribution in [0.15, 0.2) is 60.7 Å². The number of nitrogens with zero attached hydrogens (tertiary/aromatic N) is 2. The van der Waals surface area contributed by atoms with Gasteiger partial charge in [-0.25, -0.2) is 9.97 Å². The lowest BCUT2D eigenvalue weighted by molar-refractivity contribution is 1.40. The van der Waals surface area contributed by atoms with Crippen molar-refractivity contribution < 1.29 is 0 Å². The summed E-state index contributed by atoms with van der Waals surface area (Å²) in [5.74, 6) is 0. The largest absolute Gasteiger partial charge is 0.244 e. The second kappa shape index (κ2) is 15.4. The van der Waals surface area contributed by atoms with E-state index in [-0.39, 0.29) is 0 Å². The Bertz CT molecular complexity index is 1170. The van der Waals surface area contributed by atoms with Crippen LogP contribution in [-0.2, 0) is 0 Å². The number of thiophene rings is 2. The van der Waals surface area contributed by atoms with Crippen molar-refractivity contribution in [3.05, 3.63) is 70.4 Å². The molecule has 2 aromatic carbocycles. The van der Waals surface area contributed by atoms with Crippen LogP contribution in [-0.4, -0.2) is 9.97 Å². The molecule has 5 aromatic rings. The van der Waals surface area contributed by atoms with Crippen molar-refractivity contribution in [1.29, 1.82) is 0 Å². The fourth-order valence-corrected chi connectivity index (χ4v) is 5.04. The molecule has 0 aliphatic rings. The molecular weight excluding hydrogens is 452 g/mol. The number of hydrogen-bond acceptors (Lipinski definition) is 4. The van der Waals surface area contributed by atoms with Gasteiger partial charge in [0, 0.05) is 30.6 Å². The van der Waals surface area contributed by atoms with Gasteiger partial charge in [-0.3, -0.25) is 0 Å². The first-order chi connectivity index (χ1) is 16.7. The average Bonchev–Trinajstić information content (AvgIpc) is 3.55. The molecule has 0 fully saturated rings. The molecule has 0 N–H and O–H groups in total. The Morgan fingerprint density at radius 1 is 0.471 bits per heavy atom. The van der Waals surface area contributed by atoms with Gasteiger partial charge >= 0.3 is 0 Å². The monoisotopic (exact) mass is 492 g/mol. The Morgan fingerprint density at radius 3 is 1.12 bits per heavy atom. The van der Waals surface area contributed by atoms with Crippen molar-refractivity contribution in [3.8, 4) is 20.9 Å².